The molecule has 6 N–H and O–H groups in total. The fraction of sp³-hybridized carbons (Fsp3) is 0.383. The monoisotopic (exact) mass is 901 g/mol. The summed E-state index contributed by atoms with van der Waals surface area (Å²) in [6.45, 7) is 5.03. The van der Waals surface area contributed by atoms with Crippen molar-refractivity contribution < 1.29 is 28.7 Å². The number of piperidine rings is 1. The summed E-state index contributed by atoms with van der Waals surface area (Å²) >= 11 is 6.40. The van der Waals surface area contributed by atoms with Gasteiger partial charge in [0.25, 0.3) is 11.8 Å². The molecule has 1 aliphatic carbocycles. The number of benzene rings is 3. The minimum atomic E-state index is -0.633. The number of nitrogens with zero attached hydrogens (tertiary/aromatic N) is 5. The second-order valence-electron chi connectivity index (χ2n) is 16.3. The number of aromatic nitrogens is 2. The molecule has 8 rings (SSSR count). The lowest BCUT2D eigenvalue weighted by molar-refractivity contribution is -0.136. The number of urea groups is 1. The van der Waals surface area contributed by atoms with Crippen molar-refractivity contribution in [1.82, 2.24) is 41.0 Å². The van der Waals surface area contributed by atoms with Gasteiger partial charge < -0.3 is 46.0 Å². The Morgan fingerprint density at radius 2 is 1.75 bits per heavy atom. The second kappa shape index (κ2) is 20.8. The van der Waals surface area contributed by atoms with Gasteiger partial charge in [0.2, 0.25) is 17.8 Å². The van der Waals surface area contributed by atoms with Crippen LogP contribution in [-0.4, -0.2) is 121 Å². The number of hydrogen-bond acceptors (Lipinski definition) is 12. The lowest BCUT2D eigenvalue weighted by Gasteiger charge is -2.40. The molecule has 4 aliphatic rings. The quantitative estimate of drug-likeness (QED) is 0.0554. The zero-order valence-electron chi connectivity index (χ0n) is 36.1. The molecule has 0 bridgehead atoms. The first-order valence-electron chi connectivity index (χ1n) is 22.0. The van der Waals surface area contributed by atoms with E-state index in [1.807, 2.05) is 47.4 Å². The van der Waals surface area contributed by atoms with Gasteiger partial charge in [0.05, 0.1) is 24.1 Å². The molecule has 17 nitrogen and oxygen atoms in total. The average molecular weight is 902 g/mol. The van der Waals surface area contributed by atoms with Gasteiger partial charge in [0.1, 0.15) is 11.1 Å². The highest BCUT2D eigenvalue weighted by atomic mass is 35.5. The van der Waals surface area contributed by atoms with E-state index in [-0.39, 0.29) is 36.2 Å². The Labute approximate surface area is 382 Å². The minimum Gasteiger partial charge on any atom is -0.380 e. The number of hydrogen-bond donors (Lipinski definition) is 6. The molecule has 1 unspecified atom stereocenters. The third-order valence-corrected chi connectivity index (χ3v) is 12.2. The predicted molar refractivity (Wildman–Crippen MR) is 246 cm³/mol. The molecule has 2 saturated heterocycles. The molecule has 3 aromatic carbocycles. The number of imide groups is 1. The zero-order valence-corrected chi connectivity index (χ0v) is 36.9. The highest BCUT2D eigenvalue weighted by molar-refractivity contribution is 6.33. The van der Waals surface area contributed by atoms with Crippen molar-refractivity contribution in [3.8, 4) is 11.8 Å². The number of anilines is 5. The Hall–Kier alpha value is -6.74. The van der Waals surface area contributed by atoms with Gasteiger partial charge in [-0.1, -0.05) is 35.6 Å². The standard InChI is InChI=1S/C47H52ClN11O6/c1-49-43(61)37-8-2-3-9-39(37)54-42-38(48)28-51-46(56-42)52-32-11-13-35(14-12-32)57-19-21-58(22-20-57)47(64)53-34-26-33(27-34)50-18-6-24-65-23-5-4-7-30-10-15-36-31(25-30)29-59(45(36)63)40-16-17-41(60)55-44(40)62/h2-3,8-15,25,28,33-34,40,50H,5-6,16-24,26-27,29H2,1H3,(H,49,61)(H,53,64)(H,55,60,62)(H2,51,52,54,56). The molecule has 3 fully saturated rings. The van der Waals surface area contributed by atoms with E-state index in [0.717, 1.165) is 61.4 Å². The van der Waals surface area contributed by atoms with Crippen molar-refractivity contribution in [2.75, 3.05) is 68.5 Å². The van der Waals surface area contributed by atoms with Crippen LogP contribution in [0, 0.1) is 11.8 Å². The minimum absolute atomic E-state index is 0.0132. The second-order valence-corrected chi connectivity index (χ2v) is 16.8. The molecular weight excluding hydrogens is 850 g/mol. The van der Waals surface area contributed by atoms with Crippen LogP contribution < -0.4 is 36.8 Å². The summed E-state index contributed by atoms with van der Waals surface area (Å²) in [4.78, 5) is 76.7. The van der Waals surface area contributed by atoms with Gasteiger partial charge in [-0.3, -0.25) is 24.5 Å². The number of piperazine rings is 1. The van der Waals surface area contributed by atoms with E-state index in [0.29, 0.717) is 85.3 Å². The largest absolute Gasteiger partial charge is 0.380 e. The molecule has 338 valence electrons. The van der Waals surface area contributed by atoms with Crippen molar-refractivity contribution in [2.45, 2.75) is 63.2 Å². The SMILES string of the molecule is CNC(=O)c1ccccc1Nc1nc(Nc2ccc(N3CCN(C(=O)NC4CC(NCCCOCCC#Cc5ccc6c(c5)CN(C5CCC(=O)NC5=O)C6=O)C4)CC3)cc2)ncc1Cl. The highest BCUT2D eigenvalue weighted by Gasteiger charge is 2.39. The molecule has 1 atom stereocenters. The first kappa shape index (κ1) is 44.9. The van der Waals surface area contributed by atoms with Gasteiger partial charge in [-0.05, 0) is 92.4 Å². The maximum atomic E-state index is 13.1. The first-order chi connectivity index (χ1) is 31.6. The molecule has 65 heavy (non-hydrogen) atoms. The number of nitrogens with one attached hydrogen (secondary N) is 6. The first-order valence-corrected chi connectivity index (χ1v) is 22.4. The van der Waals surface area contributed by atoms with Gasteiger partial charge in [-0.25, -0.2) is 9.78 Å². The fourth-order valence-corrected chi connectivity index (χ4v) is 8.45. The van der Waals surface area contributed by atoms with Gasteiger partial charge in [-0.15, -0.1) is 0 Å². The molecule has 0 spiro atoms. The third kappa shape index (κ3) is 11.1. The Kier molecular flexibility index (Phi) is 14.4. The van der Waals surface area contributed by atoms with E-state index < -0.39 is 11.9 Å². The van der Waals surface area contributed by atoms with E-state index in [1.54, 1.807) is 31.3 Å². The number of carbonyl (C=O) groups excluding carboxylic acids is 5. The van der Waals surface area contributed by atoms with Gasteiger partial charge >= 0.3 is 6.03 Å². The number of rotatable bonds is 15. The lowest BCUT2D eigenvalue weighted by Crippen LogP contribution is -2.58. The Morgan fingerprint density at radius 3 is 2.54 bits per heavy atom. The van der Waals surface area contributed by atoms with Crippen LogP contribution in [0.15, 0.2) is 72.9 Å². The van der Waals surface area contributed by atoms with Crippen LogP contribution in [-0.2, 0) is 20.9 Å². The number of fused-ring (bicyclic) bond motifs is 1. The van der Waals surface area contributed by atoms with E-state index in [4.69, 9.17) is 16.3 Å². The summed E-state index contributed by atoms with van der Waals surface area (Å²) in [5.41, 5.74) is 5.10. The molecule has 1 aromatic heterocycles. The van der Waals surface area contributed by atoms with Crippen molar-refractivity contribution >= 4 is 70.1 Å². The highest BCUT2D eigenvalue weighted by Crippen LogP contribution is 2.30. The lowest BCUT2D eigenvalue weighted by atomic mass is 9.87. The van der Waals surface area contributed by atoms with Crippen molar-refractivity contribution in [1.29, 1.82) is 0 Å². The summed E-state index contributed by atoms with van der Waals surface area (Å²) in [5.74, 6) is 5.85. The summed E-state index contributed by atoms with van der Waals surface area (Å²) in [5, 5.41) is 18.4. The Bertz CT molecular complexity index is 2480. The number of para-hydroxylation sites is 1. The van der Waals surface area contributed by atoms with E-state index in [2.05, 4.69) is 58.6 Å². The topological polar surface area (TPSA) is 202 Å². The van der Waals surface area contributed by atoms with Crippen molar-refractivity contribution in [3.05, 3.63) is 100 Å². The normalized spacial score (nSPS) is 19.1. The molecule has 1 saturated carbocycles. The molecule has 6 amide bonds. The molecule has 0 radical (unpaired) electrons. The van der Waals surface area contributed by atoms with E-state index >= 15 is 0 Å². The predicted octanol–water partition coefficient (Wildman–Crippen LogP) is 4.54. The van der Waals surface area contributed by atoms with Gasteiger partial charge in [0, 0.05) is 93.8 Å². The van der Waals surface area contributed by atoms with Crippen LogP contribution in [0.3, 0.4) is 0 Å². The van der Waals surface area contributed by atoms with Crippen LogP contribution in [0.25, 0.3) is 0 Å². The van der Waals surface area contributed by atoms with Gasteiger partial charge in [-0.2, -0.15) is 4.98 Å². The maximum Gasteiger partial charge on any atom is 0.317 e. The van der Waals surface area contributed by atoms with E-state index in [9.17, 15) is 24.0 Å². The number of halogens is 1. The summed E-state index contributed by atoms with van der Waals surface area (Å²) in [6, 6.07) is 20.4. The molecule has 4 heterocycles. The molecule has 3 aliphatic heterocycles. The third-order valence-electron chi connectivity index (χ3n) is 11.9. The van der Waals surface area contributed by atoms with Crippen LogP contribution in [0.5, 0.6) is 0 Å². The summed E-state index contributed by atoms with van der Waals surface area (Å²) < 4.78 is 5.79. The van der Waals surface area contributed by atoms with Gasteiger partial charge in [0.15, 0.2) is 5.82 Å². The Morgan fingerprint density at radius 1 is 0.954 bits per heavy atom. The van der Waals surface area contributed by atoms with Crippen LogP contribution >= 0.6 is 11.6 Å². The average Bonchev–Trinajstić information content (AvgIpc) is 3.63. The van der Waals surface area contributed by atoms with E-state index in [1.165, 1.54) is 11.1 Å². The summed E-state index contributed by atoms with van der Waals surface area (Å²) in [6.07, 6.45) is 5.32. The maximum absolute atomic E-state index is 13.1. The van der Waals surface area contributed by atoms with Crippen LogP contribution in [0.2, 0.25) is 5.02 Å². The number of ether oxygens (including phenoxy) is 1. The smallest absolute Gasteiger partial charge is 0.317 e. The van der Waals surface area contributed by atoms with Crippen LogP contribution in [0.1, 0.15) is 70.4 Å². The van der Waals surface area contributed by atoms with Crippen LogP contribution in [0.4, 0.5) is 33.6 Å². The molecule has 4 aromatic rings. The molecule has 18 heteroatoms. The van der Waals surface area contributed by atoms with Crippen molar-refractivity contribution in [2.24, 2.45) is 0 Å². The summed E-state index contributed by atoms with van der Waals surface area (Å²) in [7, 11) is 1.58. The Balaban J connectivity index is 0.674. The number of carbonyl (C=O) groups is 5. The number of amides is 6. The zero-order chi connectivity index (χ0) is 45.3. The molecular formula is C47H52ClN11O6. The fourth-order valence-electron chi connectivity index (χ4n) is 8.31. The van der Waals surface area contributed by atoms with Crippen molar-refractivity contribution in [3.63, 3.8) is 0 Å².